The topological polar surface area (TPSA) is 55.4 Å². The lowest BCUT2D eigenvalue weighted by Gasteiger charge is -2.24. The van der Waals surface area contributed by atoms with Gasteiger partial charge in [-0.25, -0.2) is 0 Å². The zero-order chi connectivity index (χ0) is 13.2. The molecule has 0 aromatic heterocycles. The number of amides is 1. The van der Waals surface area contributed by atoms with Crippen molar-refractivity contribution < 1.29 is 14.3 Å². The van der Waals surface area contributed by atoms with Crippen LogP contribution in [-0.2, 0) is 14.3 Å². The molecule has 18 heavy (non-hydrogen) atoms. The highest BCUT2D eigenvalue weighted by atomic mass is 16.6. The van der Waals surface area contributed by atoms with Crippen molar-refractivity contribution in [3.05, 3.63) is 30.3 Å². The SMILES string of the molecule is CC1(C)OC(=O)CC1CC(=O)Nc1ccccc1. The first-order chi connectivity index (χ1) is 8.47. The molecule has 0 bridgehead atoms. The van der Waals surface area contributed by atoms with Crippen molar-refractivity contribution in [1.29, 1.82) is 0 Å². The zero-order valence-corrected chi connectivity index (χ0v) is 10.6. The van der Waals surface area contributed by atoms with E-state index in [1.807, 2.05) is 44.2 Å². The summed E-state index contributed by atoms with van der Waals surface area (Å²) < 4.78 is 5.19. The molecule has 1 amide bonds. The predicted molar refractivity (Wildman–Crippen MR) is 68.0 cm³/mol. The number of benzene rings is 1. The molecule has 1 aromatic rings. The molecule has 2 rings (SSSR count). The van der Waals surface area contributed by atoms with Crippen LogP contribution in [0.25, 0.3) is 0 Å². The number of nitrogens with one attached hydrogen (secondary N) is 1. The molecule has 0 aliphatic carbocycles. The van der Waals surface area contributed by atoms with Gasteiger partial charge in [0.15, 0.2) is 0 Å². The van der Waals surface area contributed by atoms with Crippen LogP contribution < -0.4 is 5.32 Å². The number of ether oxygens (including phenoxy) is 1. The third kappa shape index (κ3) is 2.88. The average molecular weight is 247 g/mol. The van der Waals surface area contributed by atoms with E-state index in [1.54, 1.807) is 0 Å². The first kappa shape index (κ1) is 12.6. The fourth-order valence-electron chi connectivity index (χ4n) is 2.14. The van der Waals surface area contributed by atoms with Crippen molar-refractivity contribution in [2.45, 2.75) is 32.3 Å². The molecule has 1 fully saturated rings. The molecule has 1 atom stereocenters. The predicted octanol–water partition coefficient (Wildman–Crippen LogP) is 2.36. The van der Waals surface area contributed by atoms with Gasteiger partial charge in [-0.1, -0.05) is 18.2 Å². The van der Waals surface area contributed by atoms with Crippen molar-refractivity contribution in [3.8, 4) is 0 Å². The summed E-state index contributed by atoms with van der Waals surface area (Å²) in [4.78, 5) is 23.1. The normalized spacial score (nSPS) is 21.4. The van der Waals surface area contributed by atoms with Gasteiger partial charge in [0.2, 0.25) is 5.91 Å². The third-order valence-corrected chi connectivity index (χ3v) is 3.26. The van der Waals surface area contributed by atoms with Crippen LogP contribution in [0.5, 0.6) is 0 Å². The first-order valence-corrected chi connectivity index (χ1v) is 6.04. The molecular formula is C14H17NO3. The van der Waals surface area contributed by atoms with E-state index in [0.717, 1.165) is 5.69 Å². The van der Waals surface area contributed by atoms with E-state index in [4.69, 9.17) is 4.74 Å². The quantitative estimate of drug-likeness (QED) is 0.834. The summed E-state index contributed by atoms with van der Waals surface area (Å²) in [5, 5.41) is 2.82. The van der Waals surface area contributed by atoms with Crippen molar-refractivity contribution in [2.24, 2.45) is 5.92 Å². The summed E-state index contributed by atoms with van der Waals surface area (Å²) in [5.41, 5.74) is 0.219. The van der Waals surface area contributed by atoms with Gasteiger partial charge in [-0.05, 0) is 26.0 Å². The highest BCUT2D eigenvalue weighted by molar-refractivity contribution is 5.91. The van der Waals surface area contributed by atoms with E-state index in [-0.39, 0.29) is 17.8 Å². The first-order valence-electron chi connectivity index (χ1n) is 6.04. The van der Waals surface area contributed by atoms with Gasteiger partial charge < -0.3 is 10.1 Å². The maximum atomic E-state index is 11.9. The molecular weight excluding hydrogens is 230 g/mol. The number of cyclic esters (lactones) is 1. The van der Waals surface area contributed by atoms with E-state index >= 15 is 0 Å². The minimum atomic E-state index is -0.550. The molecule has 1 aliphatic rings. The number of hydrogen-bond donors (Lipinski definition) is 1. The number of hydrogen-bond acceptors (Lipinski definition) is 3. The Morgan fingerprint density at radius 3 is 2.61 bits per heavy atom. The summed E-state index contributed by atoms with van der Waals surface area (Å²) >= 11 is 0. The van der Waals surface area contributed by atoms with Gasteiger partial charge >= 0.3 is 5.97 Å². The molecule has 1 aliphatic heterocycles. The molecule has 1 unspecified atom stereocenters. The molecule has 4 heteroatoms. The van der Waals surface area contributed by atoms with Crippen LogP contribution in [0.2, 0.25) is 0 Å². The largest absolute Gasteiger partial charge is 0.459 e. The van der Waals surface area contributed by atoms with Crippen LogP contribution in [0.4, 0.5) is 5.69 Å². The minimum Gasteiger partial charge on any atom is -0.459 e. The van der Waals surface area contributed by atoms with Gasteiger partial charge in [0.1, 0.15) is 5.60 Å². The van der Waals surface area contributed by atoms with Crippen LogP contribution >= 0.6 is 0 Å². The average Bonchev–Trinajstić information content (AvgIpc) is 2.52. The standard InChI is InChI=1S/C14H17NO3/c1-14(2)10(9-13(17)18-14)8-12(16)15-11-6-4-3-5-7-11/h3-7,10H,8-9H2,1-2H3,(H,15,16). The maximum Gasteiger partial charge on any atom is 0.306 e. The molecule has 1 N–H and O–H groups in total. The second kappa shape index (κ2) is 4.80. The maximum absolute atomic E-state index is 11.9. The number of para-hydroxylation sites is 1. The number of carbonyl (C=O) groups excluding carboxylic acids is 2. The Kier molecular flexibility index (Phi) is 3.36. The lowest BCUT2D eigenvalue weighted by atomic mass is 9.87. The van der Waals surface area contributed by atoms with Crippen LogP contribution in [-0.4, -0.2) is 17.5 Å². The van der Waals surface area contributed by atoms with E-state index < -0.39 is 5.60 Å². The molecule has 1 heterocycles. The van der Waals surface area contributed by atoms with Crippen molar-refractivity contribution in [2.75, 3.05) is 5.32 Å². The van der Waals surface area contributed by atoms with E-state index in [0.29, 0.717) is 12.8 Å². The fourth-order valence-corrected chi connectivity index (χ4v) is 2.14. The summed E-state index contributed by atoms with van der Waals surface area (Å²) in [7, 11) is 0. The monoisotopic (exact) mass is 247 g/mol. The lowest BCUT2D eigenvalue weighted by Crippen LogP contribution is -2.30. The number of anilines is 1. The Hall–Kier alpha value is -1.84. The van der Waals surface area contributed by atoms with Crippen LogP contribution in [0, 0.1) is 5.92 Å². The Balaban J connectivity index is 1.94. The number of esters is 1. The van der Waals surface area contributed by atoms with Crippen LogP contribution in [0.15, 0.2) is 30.3 Å². The highest BCUT2D eigenvalue weighted by Crippen LogP contribution is 2.34. The molecule has 4 nitrogen and oxygen atoms in total. The minimum absolute atomic E-state index is 0.0614. The summed E-state index contributed by atoms with van der Waals surface area (Å²) in [6, 6.07) is 9.28. The Bertz CT molecular complexity index is 453. The van der Waals surface area contributed by atoms with E-state index in [9.17, 15) is 9.59 Å². The number of carbonyl (C=O) groups is 2. The van der Waals surface area contributed by atoms with Crippen LogP contribution in [0.1, 0.15) is 26.7 Å². The van der Waals surface area contributed by atoms with Gasteiger partial charge in [0, 0.05) is 18.0 Å². The smallest absolute Gasteiger partial charge is 0.306 e. The third-order valence-electron chi connectivity index (χ3n) is 3.26. The van der Waals surface area contributed by atoms with Gasteiger partial charge in [-0.15, -0.1) is 0 Å². The lowest BCUT2D eigenvalue weighted by molar-refractivity contribution is -0.147. The van der Waals surface area contributed by atoms with Gasteiger partial charge in [-0.2, -0.15) is 0 Å². The molecule has 96 valence electrons. The fraction of sp³-hybridized carbons (Fsp3) is 0.429. The Morgan fingerprint density at radius 2 is 2.06 bits per heavy atom. The summed E-state index contributed by atoms with van der Waals surface area (Å²) in [5.74, 6) is -0.371. The Morgan fingerprint density at radius 1 is 1.39 bits per heavy atom. The van der Waals surface area contributed by atoms with E-state index in [1.165, 1.54) is 0 Å². The molecule has 0 saturated carbocycles. The molecule has 1 saturated heterocycles. The van der Waals surface area contributed by atoms with Gasteiger partial charge in [0.25, 0.3) is 0 Å². The van der Waals surface area contributed by atoms with Crippen molar-refractivity contribution in [3.63, 3.8) is 0 Å². The van der Waals surface area contributed by atoms with E-state index in [2.05, 4.69) is 5.32 Å². The van der Waals surface area contributed by atoms with Crippen LogP contribution in [0.3, 0.4) is 0 Å². The molecule has 0 radical (unpaired) electrons. The number of rotatable bonds is 3. The molecule has 1 aromatic carbocycles. The second-order valence-electron chi connectivity index (χ2n) is 5.10. The van der Waals surface area contributed by atoms with Gasteiger partial charge in [0.05, 0.1) is 6.42 Å². The zero-order valence-electron chi connectivity index (χ0n) is 10.6. The van der Waals surface area contributed by atoms with Gasteiger partial charge in [-0.3, -0.25) is 9.59 Å². The van der Waals surface area contributed by atoms with Crippen molar-refractivity contribution >= 4 is 17.6 Å². The summed E-state index contributed by atoms with van der Waals surface area (Å²) in [6.45, 7) is 3.69. The molecule has 0 spiro atoms. The summed E-state index contributed by atoms with van der Waals surface area (Å²) in [6.07, 6.45) is 0.614. The van der Waals surface area contributed by atoms with Crippen molar-refractivity contribution in [1.82, 2.24) is 0 Å². The second-order valence-corrected chi connectivity index (χ2v) is 5.10. The Labute approximate surface area is 106 Å². The highest BCUT2D eigenvalue weighted by Gasteiger charge is 2.42.